The van der Waals surface area contributed by atoms with Gasteiger partial charge in [-0.2, -0.15) is 17.0 Å². The predicted octanol–water partition coefficient (Wildman–Crippen LogP) is 3.61. The number of piperidine rings is 1. The summed E-state index contributed by atoms with van der Waals surface area (Å²) in [5.41, 5.74) is 0.315. The van der Waals surface area contributed by atoms with E-state index in [1.54, 1.807) is 24.6 Å². The van der Waals surface area contributed by atoms with Gasteiger partial charge in [0.05, 0.1) is 11.8 Å². The largest absolute Gasteiger partial charge is 0.451 e. The van der Waals surface area contributed by atoms with Gasteiger partial charge in [-0.15, -0.1) is 0 Å². The first-order valence-electron chi connectivity index (χ1n) is 18.6. The summed E-state index contributed by atoms with van der Waals surface area (Å²) in [7, 11) is -3.57. The minimum atomic E-state index is -3.57. The SMILES string of the molecule is C=CC(=O)N1C[C@@H]2C[C@H]1CN2S(=O)(=O)N1CC[C@@H](CN2CCC3(CC2)CN(c2ncncc2Oc2ccc(F)cc2C(=O)N(C(C)C)C(C)C)C3)C1. The van der Waals surface area contributed by atoms with Gasteiger partial charge in [-0.05, 0) is 96.7 Å². The third-order valence-corrected chi connectivity index (χ3v) is 13.7. The second-order valence-corrected chi connectivity index (χ2v) is 17.7. The van der Waals surface area contributed by atoms with Gasteiger partial charge in [0.15, 0.2) is 11.6 Å². The molecule has 0 radical (unpaired) electrons. The minimum Gasteiger partial charge on any atom is -0.451 e. The van der Waals surface area contributed by atoms with E-state index in [2.05, 4.69) is 26.3 Å². The lowest BCUT2D eigenvalue weighted by atomic mass is 9.72. The Balaban J connectivity index is 0.921. The van der Waals surface area contributed by atoms with E-state index < -0.39 is 16.0 Å². The highest BCUT2D eigenvalue weighted by Gasteiger charge is 2.52. The molecule has 2 aromatic rings. The number of piperazine rings is 1. The Morgan fingerprint density at radius 1 is 1.06 bits per heavy atom. The minimum absolute atomic E-state index is 0.0656. The summed E-state index contributed by atoms with van der Waals surface area (Å²) >= 11 is 0. The van der Waals surface area contributed by atoms with Gasteiger partial charge in [-0.1, -0.05) is 6.58 Å². The van der Waals surface area contributed by atoms with Crippen LogP contribution in [0.25, 0.3) is 0 Å². The van der Waals surface area contributed by atoms with Crippen LogP contribution in [-0.4, -0.2) is 137 Å². The number of likely N-dealkylation sites (tertiary alicyclic amines) is 2. The van der Waals surface area contributed by atoms with Crippen LogP contribution in [0.1, 0.15) is 63.7 Å². The number of ether oxygens (including phenoxy) is 1. The number of benzene rings is 1. The molecule has 6 heterocycles. The van der Waals surface area contributed by atoms with Crippen molar-refractivity contribution in [3.63, 3.8) is 0 Å². The Hall–Kier alpha value is -3.66. The van der Waals surface area contributed by atoms with Crippen molar-refractivity contribution in [2.24, 2.45) is 11.3 Å². The fourth-order valence-electron chi connectivity index (χ4n) is 9.11. The molecule has 13 nitrogen and oxygen atoms in total. The van der Waals surface area contributed by atoms with E-state index in [1.807, 2.05) is 27.7 Å². The van der Waals surface area contributed by atoms with Gasteiger partial charge >= 0.3 is 0 Å². The van der Waals surface area contributed by atoms with E-state index in [0.717, 1.165) is 52.0 Å². The van der Waals surface area contributed by atoms with Crippen molar-refractivity contribution in [1.29, 1.82) is 0 Å². The fourth-order valence-corrected chi connectivity index (χ4v) is 11.0. The molecule has 52 heavy (non-hydrogen) atoms. The average molecular weight is 739 g/mol. The number of halogens is 1. The van der Waals surface area contributed by atoms with Crippen LogP contribution in [0, 0.1) is 17.2 Å². The topological polar surface area (TPSA) is 123 Å². The van der Waals surface area contributed by atoms with Crippen molar-refractivity contribution in [2.75, 3.05) is 63.8 Å². The van der Waals surface area contributed by atoms with E-state index in [4.69, 9.17) is 4.74 Å². The fraction of sp³-hybridized carbons (Fsp3) is 0.622. The molecule has 282 valence electrons. The molecule has 5 fully saturated rings. The maximum absolute atomic E-state index is 14.4. The number of fused-ring (bicyclic) bond motifs is 2. The molecule has 1 spiro atoms. The highest BCUT2D eigenvalue weighted by atomic mass is 32.2. The number of carbonyl (C=O) groups is 2. The molecule has 2 bridgehead atoms. The van der Waals surface area contributed by atoms with E-state index in [1.165, 1.54) is 30.6 Å². The molecule has 5 aliphatic rings. The first kappa shape index (κ1) is 36.7. The van der Waals surface area contributed by atoms with Crippen LogP contribution in [-0.2, 0) is 15.0 Å². The van der Waals surface area contributed by atoms with Crippen LogP contribution in [0.4, 0.5) is 10.2 Å². The summed E-state index contributed by atoms with van der Waals surface area (Å²) in [6.07, 6.45) is 8.00. The van der Waals surface area contributed by atoms with Crippen LogP contribution in [0.2, 0.25) is 0 Å². The quantitative estimate of drug-likeness (QED) is 0.319. The van der Waals surface area contributed by atoms with Gasteiger partial charge in [0.2, 0.25) is 5.91 Å². The lowest BCUT2D eigenvalue weighted by Crippen LogP contribution is -2.61. The van der Waals surface area contributed by atoms with Gasteiger partial charge in [0, 0.05) is 75.4 Å². The van der Waals surface area contributed by atoms with Crippen LogP contribution in [0.15, 0.2) is 43.4 Å². The first-order valence-corrected chi connectivity index (χ1v) is 20.0. The number of aromatic nitrogens is 2. The molecule has 5 aliphatic heterocycles. The molecule has 1 aromatic heterocycles. The number of hydrogen-bond acceptors (Lipinski definition) is 9. The van der Waals surface area contributed by atoms with Crippen LogP contribution >= 0.6 is 0 Å². The number of nitrogens with zero attached hydrogens (tertiary/aromatic N) is 8. The first-order chi connectivity index (χ1) is 24.8. The van der Waals surface area contributed by atoms with Crippen molar-refractivity contribution in [2.45, 2.75) is 77.5 Å². The molecular weight excluding hydrogens is 688 g/mol. The lowest BCUT2D eigenvalue weighted by Gasteiger charge is -2.54. The van der Waals surface area contributed by atoms with Crippen molar-refractivity contribution < 1.29 is 27.1 Å². The second-order valence-electron chi connectivity index (χ2n) is 15.8. The van der Waals surface area contributed by atoms with Crippen molar-refractivity contribution in [3.05, 3.63) is 54.8 Å². The molecule has 5 saturated heterocycles. The van der Waals surface area contributed by atoms with Gasteiger partial charge in [0.1, 0.15) is 17.9 Å². The van der Waals surface area contributed by atoms with E-state index in [-0.39, 0.29) is 58.6 Å². The third-order valence-electron chi connectivity index (χ3n) is 11.7. The normalized spacial score (nSPS) is 24.9. The second kappa shape index (κ2) is 14.3. The Morgan fingerprint density at radius 2 is 1.79 bits per heavy atom. The summed E-state index contributed by atoms with van der Waals surface area (Å²) in [5, 5.41) is 0. The van der Waals surface area contributed by atoms with Crippen LogP contribution in [0.3, 0.4) is 0 Å². The maximum Gasteiger partial charge on any atom is 0.282 e. The van der Waals surface area contributed by atoms with E-state index in [0.29, 0.717) is 44.2 Å². The van der Waals surface area contributed by atoms with Crippen molar-refractivity contribution in [3.8, 4) is 11.5 Å². The zero-order valence-corrected chi connectivity index (χ0v) is 31.5. The lowest BCUT2D eigenvalue weighted by molar-refractivity contribution is -0.127. The molecule has 0 unspecified atom stereocenters. The molecule has 2 amide bonds. The Bertz CT molecular complexity index is 1790. The number of rotatable bonds is 11. The third kappa shape index (κ3) is 6.92. The molecule has 15 heteroatoms. The summed E-state index contributed by atoms with van der Waals surface area (Å²) < 4.78 is 51.2. The smallest absolute Gasteiger partial charge is 0.282 e. The monoisotopic (exact) mass is 738 g/mol. The molecule has 0 N–H and O–H groups in total. The molecular formula is C37H51FN8O5S. The number of hydrogen-bond donors (Lipinski definition) is 0. The van der Waals surface area contributed by atoms with Crippen molar-refractivity contribution >= 4 is 27.8 Å². The van der Waals surface area contributed by atoms with Crippen LogP contribution < -0.4 is 9.64 Å². The van der Waals surface area contributed by atoms with E-state index >= 15 is 0 Å². The molecule has 0 aliphatic carbocycles. The molecule has 1 aromatic carbocycles. The zero-order chi connectivity index (χ0) is 36.9. The summed E-state index contributed by atoms with van der Waals surface area (Å²) in [4.78, 5) is 42.6. The van der Waals surface area contributed by atoms with E-state index in [9.17, 15) is 22.4 Å². The van der Waals surface area contributed by atoms with Crippen LogP contribution in [0.5, 0.6) is 11.5 Å². The number of amides is 2. The maximum atomic E-state index is 14.4. The number of carbonyl (C=O) groups excluding carboxylic acids is 2. The highest BCUT2D eigenvalue weighted by molar-refractivity contribution is 7.86. The Kier molecular flexibility index (Phi) is 10.1. The number of anilines is 1. The van der Waals surface area contributed by atoms with Crippen molar-refractivity contribution in [1.82, 2.24) is 33.3 Å². The van der Waals surface area contributed by atoms with Gasteiger partial charge in [0.25, 0.3) is 16.1 Å². The summed E-state index contributed by atoms with van der Waals surface area (Å²) in [6, 6.07) is 3.63. The Morgan fingerprint density at radius 3 is 2.44 bits per heavy atom. The molecule has 3 atom stereocenters. The highest BCUT2D eigenvalue weighted by Crippen LogP contribution is 2.45. The zero-order valence-electron chi connectivity index (χ0n) is 30.7. The summed E-state index contributed by atoms with van der Waals surface area (Å²) in [6.45, 7) is 17.6. The standard InChI is InChI=1S/C37H51FN8O5S/c1-6-34(47)44-20-30-16-29(44)21-45(30)52(49,50)43-12-9-27(19-43)18-41-13-10-37(11-14-41)22-42(23-37)35-33(17-39-24-40-35)51-32-8-7-28(38)15-31(32)36(48)46(25(2)3)26(4)5/h6-8,15,17,24-27,29-30H,1,9-14,16,18-23H2,2-5H3/t27-,29-,30-/m0/s1. The average Bonchev–Trinajstić information content (AvgIpc) is 3.86. The Labute approximate surface area is 306 Å². The van der Waals surface area contributed by atoms with Gasteiger partial charge in [-0.3, -0.25) is 9.59 Å². The molecule has 7 rings (SSSR count). The van der Waals surface area contributed by atoms with Gasteiger partial charge in [-0.25, -0.2) is 14.4 Å². The molecule has 0 saturated carbocycles. The summed E-state index contributed by atoms with van der Waals surface area (Å²) in [5.74, 6) is 0.681. The predicted molar refractivity (Wildman–Crippen MR) is 195 cm³/mol. The van der Waals surface area contributed by atoms with Gasteiger partial charge < -0.3 is 24.3 Å².